The fraction of sp³-hybridized carbons (Fsp3) is 0.529. The first-order chi connectivity index (χ1) is 10.1. The Hall–Kier alpha value is -1.68. The standard InChI is InChI=1S/C17H27NO3/c1-7-12(3)9-14(18-8-2)13-10-16(20-5)17(21-6)11-15(13)19-4/h10-11,14,18H,3,7-9H2,1-2,4-6H3. The molecule has 4 nitrogen and oxygen atoms in total. The number of ether oxygens (including phenoxy) is 3. The van der Waals surface area contributed by atoms with Gasteiger partial charge in [0.25, 0.3) is 0 Å². The molecule has 0 heterocycles. The molecular formula is C17H27NO3. The molecule has 1 unspecified atom stereocenters. The fourth-order valence-electron chi connectivity index (χ4n) is 2.30. The lowest BCUT2D eigenvalue weighted by molar-refractivity contribution is 0.345. The van der Waals surface area contributed by atoms with E-state index in [-0.39, 0.29) is 6.04 Å². The lowest BCUT2D eigenvalue weighted by Gasteiger charge is -2.23. The van der Waals surface area contributed by atoms with E-state index in [0.29, 0.717) is 11.5 Å². The van der Waals surface area contributed by atoms with E-state index in [4.69, 9.17) is 14.2 Å². The summed E-state index contributed by atoms with van der Waals surface area (Å²) < 4.78 is 16.3. The third-order valence-corrected chi connectivity index (χ3v) is 3.55. The van der Waals surface area contributed by atoms with Gasteiger partial charge >= 0.3 is 0 Å². The van der Waals surface area contributed by atoms with Crippen molar-refractivity contribution in [2.24, 2.45) is 0 Å². The van der Waals surface area contributed by atoms with E-state index in [0.717, 1.165) is 30.7 Å². The van der Waals surface area contributed by atoms with Crippen LogP contribution in [-0.4, -0.2) is 27.9 Å². The number of benzene rings is 1. The fourth-order valence-corrected chi connectivity index (χ4v) is 2.30. The van der Waals surface area contributed by atoms with Gasteiger partial charge in [-0.2, -0.15) is 0 Å². The maximum absolute atomic E-state index is 5.52. The summed E-state index contributed by atoms with van der Waals surface area (Å²) in [4.78, 5) is 0. The first kappa shape index (κ1) is 17.4. The van der Waals surface area contributed by atoms with Crippen molar-refractivity contribution in [2.75, 3.05) is 27.9 Å². The summed E-state index contributed by atoms with van der Waals surface area (Å²) in [5.41, 5.74) is 2.27. The SMILES string of the molecule is C=C(CC)CC(NCC)c1cc(OC)c(OC)cc1OC. The van der Waals surface area contributed by atoms with Crippen LogP contribution in [0.2, 0.25) is 0 Å². The van der Waals surface area contributed by atoms with Crippen LogP contribution in [0.15, 0.2) is 24.3 Å². The number of hydrogen-bond donors (Lipinski definition) is 1. The Bertz CT molecular complexity index is 471. The van der Waals surface area contributed by atoms with Gasteiger partial charge in [0.2, 0.25) is 0 Å². The summed E-state index contributed by atoms with van der Waals surface area (Å²) in [5.74, 6) is 2.17. The van der Waals surface area contributed by atoms with Crippen LogP contribution in [-0.2, 0) is 0 Å². The highest BCUT2D eigenvalue weighted by Gasteiger charge is 2.19. The Morgan fingerprint density at radius 1 is 1.05 bits per heavy atom. The lowest BCUT2D eigenvalue weighted by Crippen LogP contribution is -2.22. The largest absolute Gasteiger partial charge is 0.496 e. The van der Waals surface area contributed by atoms with Crippen LogP contribution in [0.3, 0.4) is 0 Å². The van der Waals surface area contributed by atoms with Crippen molar-refractivity contribution in [3.8, 4) is 17.2 Å². The van der Waals surface area contributed by atoms with Crippen LogP contribution in [0.4, 0.5) is 0 Å². The minimum atomic E-state index is 0.150. The first-order valence-corrected chi connectivity index (χ1v) is 7.31. The molecule has 118 valence electrons. The van der Waals surface area contributed by atoms with Crippen LogP contribution in [0.1, 0.15) is 38.3 Å². The zero-order chi connectivity index (χ0) is 15.8. The molecule has 0 aliphatic rings. The van der Waals surface area contributed by atoms with Gasteiger partial charge in [-0.25, -0.2) is 0 Å². The molecule has 1 rings (SSSR count). The smallest absolute Gasteiger partial charge is 0.164 e. The molecule has 1 N–H and O–H groups in total. The van der Waals surface area contributed by atoms with Gasteiger partial charge in [0, 0.05) is 17.7 Å². The molecule has 0 bridgehead atoms. The van der Waals surface area contributed by atoms with Crippen molar-refractivity contribution >= 4 is 0 Å². The summed E-state index contributed by atoms with van der Waals surface area (Å²) in [6, 6.07) is 4.00. The van der Waals surface area contributed by atoms with E-state index in [1.165, 1.54) is 5.57 Å². The van der Waals surface area contributed by atoms with Gasteiger partial charge in [-0.15, -0.1) is 0 Å². The third kappa shape index (κ3) is 4.39. The molecular weight excluding hydrogens is 266 g/mol. The molecule has 1 aromatic rings. The average Bonchev–Trinajstić information content (AvgIpc) is 2.52. The Balaban J connectivity index is 3.24. The topological polar surface area (TPSA) is 39.7 Å². The number of hydrogen-bond acceptors (Lipinski definition) is 4. The van der Waals surface area contributed by atoms with E-state index < -0.39 is 0 Å². The molecule has 0 saturated carbocycles. The Kier molecular flexibility index (Phi) is 7.09. The van der Waals surface area contributed by atoms with Gasteiger partial charge in [0.15, 0.2) is 11.5 Å². The van der Waals surface area contributed by atoms with E-state index in [1.54, 1.807) is 21.3 Å². The lowest BCUT2D eigenvalue weighted by atomic mass is 9.97. The minimum Gasteiger partial charge on any atom is -0.496 e. The van der Waals surface area contributed by atoms with E-state index in [1.807, 2.05) is 12.1 Å². The quantitative estimate of drug-likeness (QED) is 0.704. The van der Waals surface area contributed by atoms with Crippen molar-refractivity contribution in [2.45, 2.75) is 32.7 Å². The molecule has 0 aromatic heterocycles. The minimum absolute atomic E-state index is 0.150. The molecule has 0 radical (unpaired) electrons. The highest BCUT2D eigenvalue weighted by atomic mass is 16.5. The predicted octanol–water partition coefficient (Wildman–Crippen LogP) is 3.72. The third-order valence-electron chi connectivity index (χ3n) is 3.55. The molecule has 0 aliphatic heterocycles. The summed E-state index contributed by atoms with van der Waals surface area (Å²) in [6.07, 6.45) is 1.84. The molecule has 0 spiro atoms. The summed E-state index contributed by atoms with van der Waals surface area (Å²) >= 11 is 0. The van der Waals surface area contributed by atoms with E-state index in [9.17, 15) is 0 Å². The molecule has 21 heavy (non-hydrogen) atoms. The van der Waals surface area contributed by atoms with Gasteiger partial charge in [0.05, 0.1) is 21.3 Å². The molecule has 1 aromatic carbocycles. The Morgan fingerprint density at radius 3 is 2.10 bits per heavy atom. The molecule has 0 fully saturated rings. The van der Waals surface area contributed by atoms with E-state index >= 15 is 0 Å². The van der Waals surface area contributed by atoms with Crippen molar-refractivity contribution in [3.63, 3.8) is 0 Å². The molecule has 0 aliphatic carbocycles. The molecule has 0 saturated heterocycles. The second-order valence-electron chi connectivity index (χ2n) is 4.87. The highest BCUT2D eigenvalue weighted by Crippen LogP contribution is 2.39. The van der Waals surface area contributed by atoms with Crippen molar-refractivity contribution in [3.05, 3.63) is 29.8 Å². The van der Waals surface area contributed by atoms with Gasteiger partial charge in [0.1, 0.15) is 5.75 Å². The van der Waals surface area contributed by atoms with Crippen molar-refractivity contribution in [1.29, 1.82) is 0 Å². The van der Waals surface area contributed by atoms with Crippen LogP contribution in [0, 0.1) is 0 Å². The maximum Gasteiger partial charge on any atom is 0.164 e. The number of nitrogens with one attached hydrogen (secondary N) is 1. The normalized spacial score (nSPS) is 11.9. The maximum atomic E-state index is 5.52. The average molecular weight is 293 g/mol. The molecule has 0 amide bonds. The zero-order valence-corrected chi connectivity index (χ0v) is 13.8. The molecule has 4 heteroatoms. The Morgan fingerprint density at radius 2 is 1.62 bits per heavy atom. The van der Waals surface area contributed by atoms with Gasteiger partial charge in [-0.05, 0) is 25.5 Å². The van der Waals surface area contributed by atoms with Crippen LogP contribution < -0.4 is 19.5 Å². The second kappa shape index (κ2) is 8.57. The molecule has 1 atom stereocenters. The first-order valence-electron chi connectivity index (χ1n) is 7.31. The van der Waals surface area contributed by atoms with Crippen molar-refractivity contribution in [1.82, 2.24) is 5.32 Å². The Labute approximate surface area is 128 Å². The highest BCUT2D eigenvalue weighted by molar-refractivity contribution is 5.52. The predicted molar refractivity (Wildman–Crippen MR) is 86.6 cm³/mol. The summed E-state index contributed by atoms with van der Waals surface area (Å²) in [7, 11) is 4.93. The van der Waals surface area contributed by atoms with Gasteiger partial charge in [-0.3, -0.25) is 0 Å². The zero-order valence-electron chi connectivity index (χ0n) is 13.8. The van der Waals surface area contributed by atoms with Crippen LogP contribution in [0.5, 0.6) is 17.2 Å². The second-order valence-corrected chi connectivity index (χ2v) is 4.87. The van der Waals surface area contributed by atoms with Gasteiger partial charge in [-0.1, -0.05) is 26.0 Å². The van der Waals surface area contributed by atoms with Gasteiger partial charge < -0.3 is 19.5 Å². The van der Waals surface area contributed by atoms with Crippen molar-refractivity contribution < 1.29 is 14.2 Å². The number of rotatable bonds is 9. The monoisotopic (exact) mass is 293 g/mol. The van der Waals surface area contributed by atoms with Crippen LogP contribution >= 0.6 is 0 Å². The number of methoxy groups -OCH3 is 3. The summed E-state index contributed by atoms with van der Waals surface area (Å²) in [5, 5.41) is 3.49. The van der Waals surface area contributed by atoms with E-state index in [2.05, 4.69) is 25.7 Å². The summed E-state index contributed by atoms with van der Waals surface area (Å²) in [6.45, 7) is 9.20. The van der Waals surface area contributed by atoms with Crippen LogP contribution in [0.25, 0.3) is 0 Å².